The molecule has 2 N–H and O–H groups in total. The lowest BCUT2D eigenvalue weighted by molar-refractivity contribution is 0.105. The fourth-order valence-corrected chi connectivity index (χ4v) is 2.93. The zero-order chi connectivity index (χ0) is 14.5. The van der Waals surface area contributed by atoms with E-state index in [1.807, 2.05) is 45.0 Å². The Hall–Kier alpha value is -2.00. The van der Waals surface area contributed by atoms with Gasteiger partial charge in [-0.25, -0.2) is 0 Å². The van der Waals surface area contributed by atoms with Gasteiger partial charge in [0.1, 0.15) is 17.1 Å². The van der Waals surface area contributed by atoms with Gasteiger partial charge < -0.3 is 14.9 Å². The fourth-order valence-electron chi connectivity index (χ4n) is 2.93. The number of hydrogen-bond acceptors (Lipinski definition) is 3. The Balaban J connectivity index is 2.41. The summed E-state index contributed by atoms with van der Waals surface area (Å²) in [7, 11) is 0. The van der Waals surface area contributed by atoms with Crippen LogP contribution in [0.5, 0.6) is 11.5 Å². The van der Waals surface area contributed by atoms with Crippen LogP contribution in [-0.2, 0) is 12.2 Å². The lowest BCUT2D eigenvalue weighted by Crippen LogP contribution is -2.30. The molecule has 0 aromatic heterocycles. The Labute approximate surface area is 118 Å². The van der Waals surface area contributed by atoms with E-state index < -0.39 is 5.60 Å². The van der Waals surface area contributed by atoms with Crippen LogP contribution in [0.25, 0.3) is 11.1 Å². The Morgan fingerprint density at radius 2 is 1.90 bits per heavy atom. The fraction of sp³-hybridized carbons (Fsp3) is 0.294. The molecule has 0 atom stereocenters. The molecule has 3 nitrogen and oxygen atoms in total. The van der Waals surface area contributed by atoms with Gasteiger partial charge in [-0.05, 0) is 44.0 Å². The van der Waals surface area contributed by atoms with Crippen molar-refractivity contribution in [3.63, 3.8) is 0 Å². The quantitative estimate of drug-likeness (QED) is 0.834. The molecule has 0 saturated heterocycles. The predicted octanol–water partition coefficient (Wildman–Crippen LogP) is 3.49. The second kappa shape index (κ2) is 4.25. The van der Waals surface area contributed by atoms with Crippen LogP contribution in [0.3, 0.4) is 0 Å². The van der Waals surface area contributed by atoms with E-state index in [1.54, 1.807) is 6.07 Å². The minimum absolute atomic E-state index is 0.0635. The Morgan fingerprint density at radius 3 is 2.60 bits per heavy atom. The highest BCUT2D eigenvalue weighted by Crippen LogP contribution is 2.50. The first-order chi connectivity index (χ1) is 9.44. The van der Waals surface area contributed by atoms with Crippen LogP contribution in [0, 0.1) is 6.92 Å². The number of phenolic OH excluding ortho intramolecular Hbond substituents is 1. The van der Waals surface area contributed by atoms with Crippen LogP contribution in [0.1, 0.15) is 30.5 Å². The van der Waals surface area contributed by atoms with Crippen LogP contribution >= 0.6 is 0 Å². The molecule has 104 valence electrons. The summed E-state index contributed by atoms with van der Waals surface area (Å²) < 4.78 is 6.07. The average Bonchev–Trinajstić information content (AvgIpc) is 2.36. The predicted molar refractivity (Wildman–Crippen MR) is 77.9 cm³/mol. The van der Waals surface area contributed by atoms with Crippen molar-refractivity contribution in [3.05, 3.63) is 47.0 Å². The summed E-state index contributed by atoms with van der Waals surface area (Å²) in [4.78, 5) is 0. The molecule has 0 radical (unpaired) electrons. The second-order valence-electron chi connectivity index (χ2n) is 5.77. The molecule has 0 amide bonds. The van der Waals surface area contributed by atoms with Crippen molar-refractivity contribution in [2.45, 2.75) is 33.0 Å². The summed E-state index contributed by atoms with van der Waals surface area (Å²) in [5.41, 5.74) is 3.80. The van der Waals surface area contributed by atoms with Crippen molar-refractivity contribution in [3.8, 4) is 22.6 Å². The second-order valence-corrected chi connectivity index (χ2v) is 5.77. The van der Waals surface area contributed by atoms with Crippen molar-refractivity contribution < 1.29 is 14.9 Å². The lowest BCUT2D eigenvalue weighted by atomic mass is 9.83. The van der Waals surface area contributed by atoms with Crippen LogP contribution in [0.4, 0.5) is 0 Å². The highest BCUT2D eigenvalue weighted by Gasteiger charge is 2.35. The standard InChI is InChI=1S/C17H18O3/c1-10-7-13(19)16-14(8-10)20-17(2,3)12-6-4-5-11(9-18)15(12)16/h4-8,18-19H,9H2,1-3H3. The van der Waals surface area contributed by atoms with E-state index in [-0.39, 0.29) is 12.4 Å². The summed E-state index contributed by atoms with van der Waals surface area (Å²) in [5.74, 6) is 0.860. The van der Waals surface area contributed by atoms with Crippen molar-refractivity contribution in [1.82, 2.24) is 0 Å². The highest BCUT2D eigenvalue weighted by atomic mass is 16.5. The molecule has 0 bridgehead atoms. The molecule has 0 unspecified atom stereocenters. The molecule has 2 aromatic carbocycles. The smallest absolute Gasteiger partial charge is 0.132 e. The maximum atomic E-state index is 10.3. The van der Waals surface area contributed by atoms with E-state index in [1.165, 1.54) is 0 Å². The number of rotatable bonds is 1. The number of aromatic hydroxyl groups is 1. The van der Waals surface area contributed by atoms with E-state index in [2.05, 4.69) is 0 Å². The van der Waals surface area contributed by atoms with E-state index in [4.69, 9.17) is 4.74 Å². The van der Waals surface area contributed by atoms with Crippen LogP contribution < -0.4 is 4.74 Å². The number of aliphatic hydroxyl groups is 1. The van der Waals surface area contributed by atoms with Crippen molar-refractivity contribution in [2.75, 3.05) is 0 Å². The number of phenols is 1. The average molecular weight is 270 g/mol. The number of ether oxygens (including phenoxy) is 1. The van der Waals surface area contributed by atoms with Gasteiger partial charge in [0.2, 0.25) is 0 Å². The first-order valence-electron chi connectivity index (χ1n) is 6.70. The molecule has 1 heterocycles. The van der Waals surface area contributed by atoms with Gasteiger partial charge >= 0.3 is 0 Å². The third kappa shape index (κ3) is 1.78. The zero-order valence-electron chi connectivity index (χ0n) is 11.9. The molecule has 0 aliphatic carbocycles. The maximum Gasteiger partial charge on any atom is 0.132 e. The molecule has 1 aliphatic rings. The van der Waals surface area contributed by atoms with Crippen LogP contribution in [0.15, 0.2) is 30.3 Å². The summed E-state index contributed by atoms with van der Waals surface area (Å²) in [5, 5.41) is 19.9. The number of benzene rings is 2. The zero-order valence-corrected chi connectivity index (χ0v) is 11.9. The number of aliphatic hydroxyl groups excluding tert-OH is 1. The SMILES string of the molecule is Cc1cc(O)c2c(c1)OC(C)(C)c1cccc(CO)c1-2. The van der Waals surface area contributed by atoms with Gasteiger partial charge in [-0.1, -0.05) is 18.2 Å². The Kier molecular flexibility index (Phi) is 2.76. The summed E-state index contributed by atoms with van der Waals surface area (Å²) in [6, 6.07) is 9.41. The highest BCUT2D eigenvalue weighted by molar-refractivity contribution is 5.84. The summed E-state index contributed by atoms with van der Waals surface area (Å²) in [6.07, 6.45) is 0. The largest absolute Gasteiger partial charge is 0.507 e. The molecule has 3 heteroatoms. The van der Waals surface area contributed by atoms with Gasteiger partial charge in [-0.2, -0.15) is 0 Å². The summed E-state index contributed by atoms with van der Waals surface area (Å²) >= 11 is 0. The summed E-state index contributed by atoms with van der Waals surface area (Å²) in [6.45, 7) is 5.85. The third-order valence-corrected chi connectivity index (χ3v) is 3.81. The van der Waals surface area contributed by atoms with E-state index in [9.17, 15) is 10.2 Å². The van der Waals surface area contributed by atoms with E-state index >= 15 is 0 Å². The van der Waals surface area contributed by atoms with Gasteiger partial charge in [0.25, 0.3) is 0 Å². The van der Waals surface area contributed by atoms with Crippen LogP contribution in [-0.4, -0.2) is 10.2 Å². The first kappa shape index (κ1) is 13.0. The molecule has 1 aliphatic heterocycles. The van der Waals surface area contributed by atoms with Gasteiger partial charge in [0.05, 0.1) is 12.2 Å². The normalized spacial score (nSPS) is 15.2. The molecule has 3 rings (SSSR count). The molecular formula is C17H18O3. The first-order valence-corrected chi connectivity index (χ1v) is 6.70. The molecule has 0 saturated carbocycles. The van der Waals surface area contributed by atoms with E-state index in [0.717, 1.165) is 22.3 Å². The minimum Gasteiger partial charge on any atom is -0.507 e. The monoisotopic (exact) mass is 270 g/mol. The lowest BCUT2D eigenvalue weighted by Gasteiger charge is -2.36. The molecular weight excluding hydrogens is 252 g/mol. The van der Waals surface area contributed by atoms with Crippen molar-refractivity contribution in [1.29, 1.82) is 0 Å². The van der Waals surface area contributed by atoms with Crippen molar-refractivity contribution >= 4 is 0 Å². The Morgan fingerprint density at radius 1 is 1.15 bits per heavy atom. The van der Waals surface area contributed by atoms with Gasteiger partial charge in [-0.3, -0.25) is 0 Å². The maximum absolute atomic E-state index is 10.3. The molecule has 0 fully saturated rings. The molecule has 2 aromatic rings. The Bertz CT molecular complexity index is 687. The van der Waals surface area contributed by atoms with Gasteiger partial charge in [-0.15, -0.1) is 0 Å². The third-order valence-electron chi connectivity index (χ3n) is 3.81. The number of aryl methyl sites for hydroxylation is 1. The van der Waals surface area contributed by atoms with Crippen LogP contribution in [0.2, 0.25) is 0 Å². The molecule has 20 heavy (non-hydrogen) atoms. The van der Waals surface area contributed by atoms with E-state index in [0.29, 0.717) is 11.3 Å². The topological polar surface area (TPSA) is 49.7 Å². The molecule has 0 spiro atoms. The van der Waals surface area contributed by atoms with Gasteiger partial charge in [0, 0.05) is 11.1 Å². The van der Waals surface area contributed by atoms with Crippen molar-refractivity contribution in [2.24, 2.45) is 0 Å². The van der Waals surface area contributed by atoms with Gasteiger partial charge in [0.15, 0.2) is 0 Å². The number of fused-ring (bicyclic) bond motifs is 3. The minimum atomic E-state index is -0.492. The number of hydrogen-bond donors (Lipinski definition) is 2.